The van der Waals surface area contributed by atoms with Crippen LogP contribution in [0.5, 0.6) is 0 Å². The zero-order valence-corrected chi connectivity index (χ0v) is 16.2. The van der Waals surface area contributed by atoms with Gasteiger partial charge in [0.15, 0.2) is 0 Å². The minimum atomic E-state index is -0.953. The highest BCUT2D eigenvalue weighted by Crippen LogP contribution is 2.32. The van der Waals surface area contributed by atoms with Gasteiger partial charge in [0.2, 0.25) is 0 Å². The first-order valence-electron chi connectivity index (χ1n) is 9.30. The van der Waals surface area contributed by atoms with E-state index < -0.39 is 5.97 Å². The van der Waals surface area contributed by atoms with Crippen LogP contribution in [0, 0.1) is 5.82 Å². The molecule has 0 fully saturated rings. The van der Waals surface area contributed by atoms with Gasteiger partial charge < -0.3 is 5.11 Å². The molecular weight excluding hydrogens is 355 g/mol. The maximum Gasteiger partial charge on any atom is 0.331 e. The summed E-state index contributed by atoms with van der Waals surface area (Å²) in [5.41, 5.74) is 3.44. The number of carbonyl (C=O) groups is 1. The van der Waals surface area contributed by atoms with E-state index in [0.717, 1.165) is 16.9 Å². The summed E-state index contributed by atoms with van der Waals surface area (Å²) >= 11 is 0. The molecule has 0 unspecified atom stereocenters. The van der Waals surface area contributed by atoms with Gasteiger partial charge in [-0.25, -0.2) is 14.2 Å². The predicted octanol–water partition coefficient (Wildman–Crippen LogP) is 5.68. The summed E-state index contributed by atoms with van der Waals surface area (Å²) in [4.78, 5) is 16.5. The van der Waals surface area contributed by atoms with Crippen LogP contribution in [0.25, 0.3) is 23.2 Å². The predicted molar refractivity (Wildman–Crippen MR) is 109 cm³/mol. The molecule has 1 heterocycles. The van der Waals surface area contributed by atoms with E-state index in [1.54, 1.807) is 18.2 Å². The van der Waals surface area contributed by atoms with Gasteiger partial charge in [-0.1, -0.05) is 51.1 Å². The average Bonchev–Trinajstić information content (AvgIpc) is 3.06. The van der Waals surface area contributed by atoms with E-state index in [-0.39, 0.29) is 11.7 Å². The maximum absolute atomic E-state index is 13.5. The van der Waals surface area contributed by atoms with E-state index in [0.29, 0.717) is 23.5 Å². The third-order valence-electron chi connectivity index (χ3n) is 4.57. The van der Waals surface area contributed by atoms with Gasteiger partial charge in [0.05, 0.1) is 11.4 Å². The van der Waals surface area contributed by atoms with Crippen LogP contribution in [0.4, 0.5) is 4.39 Å². The molecule has 0 radical (unpaired) electrons. The molecule has 2 aromatic carbocycles. The molecule has 0 spiro atoms. The number of hydrogen-bond donors (Lipinski definition) is 1. The number of nitrogens with zero attached hydrogens (tertiary/aromatic N) is 2. The first-order valence-corrected chi connectivity index (χ1v) is 9.30. The monoisotopic (exact) mass is 378 g/mol. The van der Waals surface area contributed by atoms with Crippen LogP contribution >= 0.6 is 0 Å². The molecule has 0 saturated carbocycles. The third kappa shape index (κ3) is 3.88. The standard InChI is InChI=1S/C23H23FN2O2/c1-4-16(23(27)28)14-20-21(15(2)3)25-22(17-8-6-5-7-9-17)26(20)19-12-10-18(24)11-13-19/h5-15H,4H2,1-3H3,(H,27,28). The van der Waals surface area contributed by atoms with Crippen LogP contribution in [0.1, 0.15) is 44.5 Å². The van der Waals surface area contributed by atoms with Crippen LogP contribution in [0.2, 0.25) is 0 Å². The zero-order valence-electron chi connectivity index (χ0n) is 16.2. The number of rotatable bonds is 6. The minimum absolute atomic E-state index is 0.0855. The smallest absolute Gasteiger partial charge is 0.331 e. The van der Waals surface area contributed by atoms with E-state index in [1.165, 1.54) is 12.1 Å². The van der Waals surface area contributed by atoms with E-state index in [4.69, 9.17) is 4.98 Å². The van der Waals surface area contributed by atoms with Crippen LogP contribution in [0.3, 0.4) is 0 Å². The first-order chi connectivity index (χ1) is 13.4. The van der Waals surface area contributed by atoms with Gasteiger partial charge in [0.25, 0.3) is 0 Å². The molecule has 0 bridgehead atoms. The summed E-state index contributed by atoms with van der Waals surface area (Å²) in [7, 11) is 0. The molecule has 4 nitrogen and oxygen atoms in total. The minimum Gasteiger partial charge on any atom is -0.478 e. The van der Waals surface area contributed by atoms with Crippen LogP contribution in [-0.2, 0) is 4.79 Å². The van der Waals surface area contributed by atoms with Crippen molar-refractivity contribution in [1.29, 1.82) is 0 Å². The quantitative estimate of drug-likeness (QED) is 0.562. The largest absolute Gasteiger partial charge is 0.478 e. The summed E-state index contributed by atoms with van der Waals surface area (Å²) in [5.74, 6) is -0.498. The highest BCUT2D eigenvalue weighted by molar-refractivity contribution is 5.92. The summed E-state index contributed by atoms with van der Waals surface area (Å²) in [6.07, 6.45) is 2.07. The van der Waals surface area contributed by atoms with E-state index in [1.807, 2.05) is 55.7 Å². The summed E-state index contributed by atoms with van der Waals surface area (Å²) in [6, 6.07) is 15.8. The number of carboxylic acid groups (broad SMARTS) is 1. The summed E-state index contributed by atoms with van der Waals surface area (Å²) in [6.45, 7) is 5.86. The first kappa shape index (κ1) is 19.5. The highest BCUT2D eigenvalue weighted by Gasteiger charge is 2.21. The van der Waals surface area contributed by atoms with Crippen molar-refractivity contribution < 1.29 is 14.3 Å². The summed E-state index contributed by atoms with van der Waals surface area (Å²) < 4.78 is 15.4. The highest BCUT2D eigenvalue weighted by atomic mass is 19.1. The van der Waals surface area contributed by atoms with Crippen LogP contribution in [0.15, 0.2) is 60.2 Å². The van der Waals surface area contributed by atoms with Crippen molar-refractivity contribution in [3.05, 3.63) is 77.4 Å². The van der Waals surface area contributed by atoms with Crippen LogP contribution in [-0.4, -0.2) is 20.6 Å². The number of benzene rings is 2. The number of aliphatic carboxylic acids is 1. The fraction of sp³-hybridized carbons (Fsp3) is 0.217. The number of halogens is 1. The molecule has 0 saturated heterocycles. The third-order valence-corrected chi connectivity index (χ3v) is 4.57. The van der Waals surface area contributed by atoms with Crippen molar-refractivity contribution in [1.82, 2.24) is 9.55 Å². The Morgan fingerprint density at radius 3 is 2.32 bits per heavy atom. The molecule has 1 aromatic heterocycles. The molecule has 5 heteroatoms. The van der Waals surface area contributed by atoms with Crippen molar-refractivity contribution in [2.75, 3.05) is 0 Å². The Balaban J connectivity index is 2.37. The van der Waals surface area contributed by atoms with Crippen molar-refractivity contribution in [3.63, 3.8) is 0 Å². The SMILES string of the molecule is CCC(=Cc1c(C(C)C)nc(-c2ccccc2)n1-c1ccc(F)cc1)C(=O)O. The lowest BCUT2D eigenvalue weighted by Gasteiger charge is -2.12. The average molecular weight is 378 g/mol. The molecule has 0 aliphatic carbocycles. The Kier molecular flexibility index (Phi) is 5.73. The lowest BCUT2D eigenvalue weighted by molar-refractivity contribution is -0.132. The Bertz CT molecular complexity index is 1000. The second-order valence-corrected chi connectivity index (χ2v) is 6.87. The lowest BCUT2D eigenvalue weighted by Crippen LogP contribution is -2.04. The molecule has 144 valence electrons. The number of carboxylic acids is 1. The summed E-state index contributed by atoms with van der Waals surface area (Å²) in [5, 5.41) is 9.54. The fourth-order valence-electron chi connectivity index (χ4n) is 3.13. The molecular formula is C23H23FN2O2. The molecule has 3 rings (SSSR count). The number of imidazole rings is 1. The Morgan fingerprint density at radius 2 is 1.79 bits per heavy atom. The van der Waals surface area contributed by atoms with E-state index in [9.17, 15) is 14.3 Å². The van der Waals surface area contributed by atoms with Gasteiger partial charge in [-0.15, -0.1) is 0 Å². The van der Waals surface area contributed by atoms with E-state index in [2.05, 4.69) is 0 Å². The lowest BCUT2D eigenvalue weighted by atomic mass is 10.1. The van der Waals surface area contributed by atoms with Crippen molar-refractivity contribution in [3.8, 4) is 17.1 Å². The molecule has 1 N–H and O–H groups in total. The van der Waals surface area contributed by atoms with Crippen molar-refractivity contribution >= 4 is 12.0 Å². The molecule has 3 aromatic rings. The van der Waals surface area contributed by atoms with Gasteiger partial charge in [-0.2, -0.15) is 0 Å². The van der Waals surface area contributed by atoms with Gasteiger partial charge in [-0.05, 0) is 42.7 Å². The van der Waals surface area contributed by atoms with E-state index >= 15 is 0 Å². The molecule has 28 heavy (non-hydrogen) atoms. The fourth-order valence-corrected chi connectivity index (χ4v) is 3.13. The van der Waals surface area contributed by atoms with Gasteiger partial charge in [0.1, 0.15) is 11.6 Å². The number of hydrogen-bond acceptors (Lipinski definition) is 2. The second-order valence-electron chi connectivity index (χ2n) is 6.87. The molecule has 0 amide bonds. The molecule has 0 aliphatic rings. The van der Waals surface area contributed by atoms with Gasteiger partial charge >= 0.3 is 5.97 Å². The number of aromatic nitrogens is 2. The van der Waals surface area contributed by atoms with Gasteiger partial charge in [0, 0.05) is 16.8 Å². The second kappa shape index (κ2) is 8.21. The van der Waals surface area contributed by atoms with Crippen LogP contribution < -0.4 is 0 Å². The van der Waals surface area contributed by atoms with Crippen molar-refractivity contribution in [2.45, 2.75) is 33.1 Å². The Hall–Kier alpha value is -3.21. The molecule has 0 atom stereocenters. The van der Waals surface area contributed by atoms with Crippen molar-refractivity contribution in [2.24, 2.45) is 0 Å². The molecule has 0 aliphatic heterocycles. The van der Waals surface area contributed by atoms with Gasteiger partial charge in [-0.3, -0.25) is 4.57 Å². The normalized spacial score (nSPS) is 11.8. The Labute approximate surface area is 164 Å². The zero-order chi connectivity index (χ0) is 20.3. The maximum atomic E-state index is 13.5. The Morgan fingerprint density at radius 1 is 1.14 bits per heavy atom. The topological polar surface area (TPSA) is 55.1 Å².